The van der Waals surface area contributed by atoms with Gasteiger partial charge in [0.05, 0.1) is 7.11 Å². The first kappa shape index (κ1) is 19.5. The van der Waals surface area contributed by atoms with Gasteiger partial charge in [-0.1, -0.05) is 43.2 Å². The summed E-state index contributed by atoms with van der Waals surface area (Å²) in [7, 11) is 1.63. The third-order valence-electron chi connectivity index (χ3n) is 6.32. The van der Waals surface area contributed by atoms with Crippen LogP contribution in [0.4, 0.5) is 0 Å². The number of methoxy groups -OCH3 is 1. The van der Waals surface area contributed by atoms with E-state index in [1.54, 1.807) is 7.11 Å². The molecule has 5 nitrogen and oxygen atoms in total. The maximum absolute atomic E-state index is 13.4. The van der Waals surface area contributed by atoms with Crippen LogP contribution < -0.4 is 10.1 Å². The van der Waals surface area contributed by atoms with E-state index in [2.05, 4.69) is 5.32 Å². The molecule has 2 aromatic carbocycles. The molecule has 0 aromatic heterocycles. The van der Waals surface area contributed by atoms with Crippen LogP contribution >= 0.6 is 0 Å². The second-order valence-corrected chi connectivity index (χ2v) is 8.25. The van der Waals surface area contributed by atoms with Crippen molar-refractivity contribution in [3.63, 3.8) is 0 Å². The molecule has 152 valence electrons. The fourth-order valence-electron chi connectivity index (χ4n) is 4.73. The quantitative estimate of drug-likeness (QED) is 0.844. The Morgan fingerprint density at radius 2 is 1.83 bits per heavy atom. The molecule has 1 N–H and O–H groups in total. The smallest absolute Gasteiger partial charge is 0.255 e. The average molecular weight is 392 g/mol. The number of hydrogen-bond acceptors (Lipinski definition) is 3. The van der Waals surface area contributed by atoms with Crippen molar-refractivity contribution in [2.75, 3.05) is 7.11 Å². The summed E-state index contributed by atoms with van der Waals surface area (Å²) in [4.78, 5) is 28.7. The second-order valence-electron chi connectivity index (χ2n) is 8.25. The fraction of sp³-hybridized carbons (Fsp3) is 0.417. The number of benzene rings is 2. The molecule has 1 aliphatic heterocycles. The zero-order valence-corrected chi connectivity index (χ0v) is 17.1. The summed E-state index contributed by atoms with van der Waals surface area (Å²) >= 11 is 0. The number of carbonyl (C=O) groups excluding carboxylic acids is 2. The largest absolute Gasteiger partial charge is 0.497 e. The number of fused-ring (bicyclic) bond motifs is 1. The van der Waals surface area contributed by atoms with Crippen LogP contribution in [0.3, 0.4) is 0 Å². The van der Waals surface area contributed by atoms with Crippen molar-refractivity contribution in [2.45, 2.75) is 57.2 Å². The maximum atomic E-state index is 13.4. The zero-order valence-electron chi connectivity index (χ0n) is 17.1. The van der Waals surface area contributed by atoms with Crippen LogP contribution in [0.5, 0.6) is 5.75 Å². The van der Waals surface area contributed by atoms with Gasteiger partial charge in [0.25, 0.3) is 5.91 Å². The number of amides is 2. The molecule has 1 fully saturated rings. The highest BCUT2D eigenvalue weighted by molar-refractivity contribution is 6.02. The monoisotopic (exact) mass is 392 g/mol. The van der Waals surface area contributed by atoms with Gasteiger partial charge < -0.3 is 15.0 Å². The van der Waals surface area contributed by atoms with Gasteiger partial charge in [-0.25, -0.2) is 0 Å². The molecule has 5 heteroatoms. The highest BCUT2D eigenvalue weighted by Crippen LogP contribution is 2.37. The maximum Gasteiger partial charge on any atom is 0.255 e. The first-order valence-electron chi connectivity index (χ1n) is 10.4. The van der Waals surface area contributed by atoms with Crippen LogP contribution in [-0.2, 0) is 17.8 Å². The van der Waals surface area contributed by atoms with Crippen molar-refractivity contribution in [3.05, 3.63) is 65.2 Å². The highest BCUT2D eigenvalue weighted by Gasteiger charge is 2.49. The van der Waals surface area contributed by atoms with Crippen molar-refractivity contribution in [1.82, 2.24) is 10.2 Å². The SMILES string of the molecule is COc1ccc(CNC(=O)[C@@]2(C)Cc3ccccc3C(=O)N2C2CCCC2)cc1. The van der Waals surface area contributed by atoms with E-state index in [0.717, 1.165) is 48.1 Å². The number of carbonyl (C=O) groups is 2. The Hall–Kier alpha value is -2.82. The summed E-state index contributed by atoms with van der Waals surface area (Å²) in [5.74, 6) is 0.679. The molecule has 4 rings (SSSR count). The minimum absolute atomic E-state index is 0.0131. The van der Waals surface area contributed by atoms with E-state index in [9.17, 15) is 9.59 Å². The Balaban J connectivity index is 1.59. The van der Waals surface area contributed by atoms with Gasteiger partial charge >= 0.3 is 0 Å². The molecule has 1 atom stereocenters. The first-order chi connectivity index (χ1) is 14.0. The molecule has 29 heavy (non-hydrogen) atoms. The average Bonchev–Trinajstić information content (AvgIpc) is 3.26. The number of ether oxygens (including phenoxy) is 1. The zero-order chi connectivity index (χ0) is 20.4. The molecule has 1 heterocycles. The fourth-order valence-corrected chi connectivity index (χ4v) is 4.73. The predicted molar refractivity (Wildman–Crippen MR) is 112 cm³/mol. The molecule has 0 saturated heterocycles. The molecule has 0 radical (unpaired) electrons. The molecule has 2 amide bonds. The molecule has 0 spiro atoms. The lowest BCUT2D eigenvalue weighted by Gasteiger charge is -2.47. The lowest BCUT2D eigenvalue weighted by atomic mass is 9.81. The van der Waals surface area contributed by atoms with Crippen molar-refractivity contribution in [3.8, 4) is 5.75 Å². The van der Waals surface area contributed by atoms with Crippen LogP contribution in [-0.4, -0.2) is 35.4 Å². The highest BCUT2D eigenvalue weighted by atomic mass is 16.5. The van der Waals surface area contributed by atoms with Crippen LogP contribution in [0.25, 0.3) is 0 Å². The normalized spacial score (nSPS) is 21.7. The van der Waals surface area contributed by atoms with E-state index in [1.165, 1.54) is 0 Å². The van der Waals surface area contributed by atoms with Crippen LogP contribution in [0.15, 0.2) is 48.5 Å². The molecule has 0 bridgehead atoms. The third-order valence-corrected chi connectivity index (χ3v) is 6.32. The molecule has 1 saturated carbocycles. The minimum atomic E-state index is -0.882. The van der Waals surface area contributed by atoms with Gasteiger partial charge in [0.1, 0.15) is 11.3 Å². The van der Waals surface area contributed by atoms with E-state index in [0.29, 0.717) is 13.0 Å². The summed E-state index contributed by atoms with van der Waals surface area (Å²) < 4.78 is 5.19. The number of rotatable bonds is 5. The third kappa shape index (κ3) is 3.61. The molecule has 2 aromatic rings. The number of hydrogen-bond donors (Lipinski definition) is 1. The Morgan fingerprint density at radius 1 is 1.14 bits per heavy atom. The Morgan fingerprint density at radius 3 is 2.52 bits per heavy atom. The summed E-state index contributed by atoms with van der Waals surface area (Å²) in [6.45, 7) is 2.34. The van der Waals surface area contributed by atoms with E-state index in [1.807, 2.05) is 60.4 Å². The van der Waals surface area contributed by atoms with Gasteiger partial charge in [-0.2, -0.15) is 0 Å². The minimum Gasteiger partial charge on any atom is -0.497 e. The molecular formula is C24H28N2O3. The second kappa shape index (κ2) is 7.90. The summed E-state index contributed by atoms with van der Waals surface area (Å²) in [6.07, 6.45) is 4.70. The Kier molecular flexibility index (Phi) is 5.31. The van der Waals surface area contributed by atoms with Gasteiger partial charge in [-0.05, 0) is 49.1 Å². The predicted octanol–water partition coefficient (Wildman–Crippen LogP) is 3.71. The van der Waals surface area contributed by atoms with Crippen molar-refractivity contribution < 1.29 is 14.3 Å². The van der Waals surface area contributed by atoms with Crippen molar-refractivity contribution in [2.24, 2.45) is 0 Å². The standard InChI is InChI=1S/C24H28N2O3/c1-24(23(28)25-16-17-11-13-20(29-2)14-12-17)15-18-7-3-6-10-21(18)22(27)26(24)19-8-4-5-9-19/h3,6-7,10-14,19H,4-5,8-9,15-16H2,1-2H3,(H,25,28)/t24-/m1/s1. The molecule has 0 unspecified atom stereocenters. The van der Waals surface area contributed by atoms with E-state index >= 15 is 0 Å². The number of nitrogens with one attached hydrogen (secondary N) is 1. The van der Waals surface area contributed by atoms with Crippen LogP contribution in [0, 0.1) is 0 Å². The van der Waals surface area contributed by atoms with Crippen molar-refractivity contribution in [1.29, 1.82) is 0 Å². The van der Waals surface area contributed by atoms with Gasteiger partial charge in [0.2, 0.25) is 5.91 Å². The summed E-state index contributed by atoms with van der Waals surface area (Å²) in [5, 5.41) is 3.08. The van der Waals surface area contributed by atoms with E-state index < -0.39 is 5.54 Å². The lowest BCUT2D eigenvalue weighted by Crippen LogP contribution is -2.64. The number of nitrogens with zero attached hydrogens (tertiary/aromatic N) is 1. The van der Waals surface area contributed by atoms with E-state index in [4.69, 9.17) is 4.74 Å². The topological polar surface area (TPSA) is 58.6 Å². The van der Waals surface area contributed by atoms with Crippen molar-refractivity contribution >= 4 is 11.8 Å². The summed E-state index contributed by atoms with van der Waals surface area (Å²) in [6, 6.07) is 15.5. The van der Waals surface area contributed by atoms with Gasteiger partial charge in [-0.15, -0.1) is 0 Å². The van der Waals surface area contributed by atoms with Gasteiger partial charge in [-0.3, -0.25) is 9.59 Å². The van der Waals surface area contributed by atoms with Crippen LogP contribution in [0.1, 0.15) is 54.1 Å². The van der Waals surface area contributed by atoms with E-state index in [-0.39, 0.29) is 17.9 Å². The Labute approximate surface area is 172 Å². The van der Waals surface area contributed by atoms with Gasteiger partial charge in [0, 0.05) is 24.6 Å². The lowest BCUT2D eigenvalue weighted by molar-refractivity contribution is -0.133. The summed E-state index contributed by atoms with van der Waals surface area (Å²) in [5.41, 5.74) is 1.80. The first-order valence-corrected chi connectivity index (χ1v) is 10.4. The molecule has 2 aliphatic rings. The van der Waals surface area contributed by atoms with Crippen LogP contribution in [0.2, 0.25) is 0 Å². The van der Waals surface area contributed by atoms with Gasteiger partial charge in [0.15, 0.2) is 0 Å². The Bertz CT molecular complexity index is 903. The molecule has 1 aliphatic carbocycles. The molecular weight excluding hydrogens is 364 g/mol.